The number of amides is 2. The summed E-state index contributed by atoms with van der Waals surface area (Å²) in [6.07, 6.45) is 1.77. The Kier molecular flexibility index (Phi) is 5.27. The molecule has 28 heavy (non-hydrogen) atoms. The van der Waals surface area contributed by atoms with Crippen molar-refractivity contribution < 1.29 is 14.1 Å². The van der Waals surface area contributed by atoms with Gasteiger partial charge in [0.05, 0.1) is 22.8 Å². The molecule has 0 spiro atoms. The van der Waals surface area contributed by atoms with Gasteiger partial charge in [0.25, 0.3) is 5.91 Å². The van der Waals surface area contributed by atoms with Gasteiger partial charge in [-0.1, -0.05) is 22.6 Å². The number of thiazole rings is 1. The van der Waals surface area contributed by atoms with Crippen molar-refractivity contribution in [3.63, 3.8) is 0 Å². The summed E-state index contributed by atoms with van der Waals surface area (Å²) in [5.41, 5.74) is 2.84. The van der Waals surface area contributed by atoms with E-state index in [1.54, 1.807) is 6.07 Å². The van der Waals surface area contributed by atoms with Gasteiger partial charge >= 0.3 is 0 Å². The second-order valence-electron chi connectivity index (χ2n) is 6.69. The van der Waals surface area contributed by atoms with Gasteiger partial charge in [0.2, 0.25) is 5.91 Å². The third kappa shape index (κ3) is 3.85. The van der Waals surface area contributed by atoms with E-state index in [9.17, 15) is 9.59 Å². The van der Waals surface area contributed by atoms with E-state index in [1.165, 1.54) is 22.7 Å². The minimum atomic E-state index is -0.145. The number of anilines is 1. The number of rotatable bonds is 5. The monoisotopic (exact) mass is 416 g/mol. The van der Waals surface area contributed by atoms with E-state index in [2.05, 4.69) is 15.5 Å². The molecule has 1 N–H and O–H groups in total. The van der Waals surface area contributed by atoms with Gasteiger partial charge in [-0.3, -0.25) is 14.9 Å². The Morgan fingerprint density at radius 1 is 1.36 bits per heavy atom. The lowest BCUT2D eigenvalue weighted by Crippen LogP contribution is -2.35. The highest BCUT2D eigenvalue weighted by molar-refractivity contribution is 7.16. The minimum absolute atomic E-state index is 0.114. The fourth-order valence-electron chi connectivity index (χ4n) is 3.28. The summed E-state index contributed by atoms with van der Waals surface area (Å²) in [7, 11) is 0. The molecule has 4 heterocycles. The molecule has 0 radical (unpaired) electrons. The standard InChI is InChI=1S/C19H20N4O3S2/c1-11-13(12(2)26-22-11)5-6-17(24)23-8-7-14-16(10-23)28-19(20-14)21-18(25)15-4-3-9-27-15/h3-4,9H,5-8,10H2,1-2H3,(H,20,21,25). The molecule has 0 aliphatic carbocycles. The molecule has 3 aromatic rings. The van der Waals surface area contributed by atoms with E-state index in [1.807, 2.05) is 30.2 Å². The maximum Gasteiger partial charge on any atom is 0.267 e. The Hall–Kier alpha value is -2.52. The number of hydrogen-bond donors (Lipinski definition) is 1. The fourth-order valence-corrected chi connectivity index (χ4v) is 4.91. The smallest absolute Gasteiger partial charge is 0.267 e. The summed E-state index contributed by atoms with van der Waals surface area (Å²) in [6.45, 7) is 4.96. The molecule has 2 amide bonds. The van der Waals surface area contributed by atoms with Crippen molar-refractivity contribution in [1.82, 2.24) is 15.0 Å². The van der Waals surface area contributed by atoms with Crippen LogP contribution in [0.4, 0.5) is 5.13 Å². The van der Waals surface area contributed by atoms with E-state index in [0.29, 0.717) is 42.4 Å². The summed E-state index contributed by atoms with van der Waals surface area (Å²) in [6, 6.07) is 3.63. The maximum absolute atomic E-state index is 12.7. The lowest BCUT2D eigenvalue weighted by Gasteiger charge is -2.26. The molecule has 0 bridgehead atoms. The SMILES string of the molecule is Cc1noc(C)c1CCC(=O)N1CCc2nc(NC(=O)c3cccs3)sc2C1. The first-order valence-corrected chi connectivity index (χ1v) is 10.7. The predicted octanol–water partition coefficient (Wildman–Crippen LogP) is 3.58. The van der Waals surface area contributed by atoms with Gasteiger partial charge < -0.3 is 9.42 Å². The van der Waals surface area contributed by atoms with E-state index >= 15 is 0 Å². The molecule has 7 nitrogen and oxygen atoms in total. The summed E-state index contributed by atoms with van der Waals surface area (Å²) < 4.78 is 5.17. The van der Waals surface area contributed by atoms with E-state index in [4.69, 9.17) is 4.52 Å². The van der Waals surface area contributed by atoms with E-state index in [0.717, 1.165) is 27.6 Å². The summed E-state index contributed by atoms with van der Waals surface area (Å²) in [4.78, 5) is 33.0. The first-order chi connectivity index (χ1) is 13.5. The quantitative estimate of drug-likeness (QED) is 0.687. The first kappa shape index (κ1) is 18.8. The fraction of sp³-hybridized carbons (Fsp3) is 0.368. The van der Waals surface area contributed by atoms with Gasteiger partial charge in [-0.15, -0.1) is 11.3 Å². The second kappa shape index (κ2) is 7.84. The number of aryl methyl sites for hydroxylation is 2. The van der Waals surface area contributed by atoms with Crippen LogP contribution in [0.5, 0.6) is 0 Å². The molecular weight excluding hydrogens is 396 g/mol. The Labute approximate surface area is 170 Å². The van der Waals surface area contributed by atoms with Crippen LogP contribution in [0.2, 0.25) is 0 Å². The van der Waals surface area contributed by atoms with Crippen LogP contribution in [0, 0.1) is 13.8 Å². The van der Waals surface area contributed by atoms with Gasteiger partial charge in [0, 0.05) is 29.8 Å². The highest BCUT2D eigenvalue weighted by Gasteiger charge is 2.25. The van der Waals surface area contributed by atoms with Gasteiger partial charge in [0.15, 0.2) is 5.13 Å². The maximum atomic E-state index is 12.7. The van der Waals surface area contributed by atoms with Crippen LogP contribution in [0.3, 0.4) is 0 Å². The van der Waals surface area contributed by atoms with Crippen LogP contribution in [-0.4, -0.2) is 33.4 Å². The van der Waals surface area contributed by atoms with Crippen LogP contribution >= 0.6 is 22.7 Å². The largest absolute Gasteiger partial charge is 0.361 e. The Balaban J connectivity index is 1.37. The molecule has 4 rings (SSSR count). The molecule has 0 fully saturated rings. The average Bonchev–Trinajstić information content (AvgIpc) is 3.40. The third-order valence-electron chi connectivity index (χ3n) is 4.82. The average molecular weight is 417 g/mol. The van der Waals surface area contributed by atoms with Crippen molar-refractivity contribution in [3.8, 4) is 0 Å². The number of aromatic nitrogens is 2. The number of carbonyl (C=O) groups is 2. The van der Waals surface area contributed by atoms with E-state index in [-0.39, 0.29) is 11.8 Å². The number of fused-ring (bicyclic) bond motifs is 1. The van der Waals surface area contributed by atoms with Gasteiger partial charge in [0.1, 0.15) is 5.76 Å². The van der Waals surface area contributed by atoms with Crippen LogP contribution in [0.15, 0.2) is 22.0 Å². The van der Waals surface area contributed by atoms with Crippen LogP contribution in [-0.2, 0) is 24.2 Å². The molecule has 0 saturated heterocycles. The lowest BCUT2D eigenvalue weighted by molar-refractivity contribution is -0.132. The van der Waals surface area contributed by atoms with Gasteiger partial charge in [-0.2, -0.15) is 0 Å². The zero-order valence-electron chi connectivity index (χ0n) is 15.7. The molecule has 1 aliphatic heterocycles. The number of nitrogens with zero attached hydrogens (tertiary/aromatic N) is 3. The molecule has 146 valence electrons. The van der Waals surface area contributed by atoms with Crippen LogP contribution in [0.25, 0.3) is 0 Å². The molecule has 1 aliphatic rings. The van der Waals surface area contributed by atoms with E-state index < -0.39 is 0 Å². The topological polar surface area (TPSA) is 88.3 Å². The van der Waals surface area contributed by atoms with Crippen molar-refractivity contribution >= 4 is 39.6 Å². The lowest BCUT2D eigenvalue weighted by atomic mass is 10.1. The van der Waals surface area contributed by atoms with Crippen LogP contribution < -0.4 is 5.32 Å². The van der Waals surface area contributed by atoms with Crippen molar-refractivity contribution in [2.45, 2.75) is 39.7 Å². The molecule has 0 saturated carbocycles. The minimum Gasteiger partial charge on any atom is -0.361 e. The van der Waals surface area contributed by atoms with Crippen molar-refractivity contribution in [1.29, 1.82) is 0 Å². The Morgan fingerprint density at radius 2 is 2.21 bits per heavy atom. The normalized spacial score (nSPS) is 13.4. The van der Waals surface area contributed by atoms with Gasteiger partial charge in [-0.05, 0) is 31.7 Å². The molecule has 0 atom stereocenters. The molecule has 9 heteroatoms. The highest BCUT2D eigenvalue weighted by atomic mass is 32.1. The Morgan fingerprint density at radius 3 is 2.93 bits per heavy atom. The van der Waals surface area contributed by atoms with Gasteiger partial charge in [-0.25, -0.2) is 4.98 Å². The summed E-state index contributed by atoms with van der Waals surface area (Å²) in [5, 5.41) is 9.26. The zero-order valence-corrected chi connectivity index (χ0v) is 17.3. The second-order valence-corrected chi connectivity index (χ2v) is 8.72. The molecule has 0 unspecified atom stereocenters. The number of hydrogen-bond acceptors (Lipinski definition) is 7. The Bertz CT molecular complexity index is 987. The molecular formula is C19H20N4O3S2. The van der Waals surface area contributed by atoms with Crippen molar-refractivity contribution in [3.05, 3.63) is 50.0 Å². The van der Waals surface area contributed by atoms with Crippen molar-refractivity contribution in [2.75, 3.05) is 11.9 Å². The number of thiophene rings is 1. The highest BCUT2D eigenvalue weighted by Crippen LogP contribution is 2.29. The summed E-state index contributed by atoms with van der Waals surface area (Å²) >= 11 is 2.84. The predicted molar refractivity (Wildman–Crippen MR) is 108 cm³/mol. The summed E-state index contributed by atoms with van der Waals surface area (Å²) in [5.74, 6) is 0.747. The van der Waals surface area contributed by atoms with Crippen LogP contribution in [0.1, 0.15) is 43.7 Å². The zero-order chi connectivity index (χ0) is 19.7. The number of carbonyl (C=O) groups excluding carboxylic acids is 2. The number of nitrogens with one attached hydrogen (secondary N) is 1. The van der Waals surface area contributed by atoms with Crippen molar-refractivity contribution in [2.24, 2.45) is 0 Å². The molecule has 3 aromatic heterocycles. The molecule has 0 aromatic carbocycles. The third-order valence-corrected chi connectivity index (χ3v) is 6.69. The first-order valence-electron chi connectivity index (χ1n) is 9.04.